The highest BCUT2D eigenvalue weighted by molar-refractivity contribution is 8.00. The van der Waals surface area contributed by atoms with Crippen molar-refractivity contribution in [2.24, 2.45) is 5.41 Å². The van der Waals surface area contributed by atoms with Crippen LogP contribution in [0.1, 0.15) is 34.1 Å². The predicted molar refractivity (Wildman–Crippen MR) is 62.4 cm³/mol. The number of hydrogen-bond donors (Lipinski definition) is 0. The summed E-state index contributed by atoms with van der Waals surface area (Å²) in [6, 6.07) is 0.886. The van der Waals surface area contributed by atoms with E-state index in [0.29, 0.717) is 5.41 Å². The zero-order valence-corrected chi connectivity index (χ0v) is 10.3. The number of nitrogens with zero attached hydrogens (tertiary/aromatic N) is 1. The number of hydrogen-bond acceptors (Lipinski definition) is 2. The van der Waals surface area contributed by atoms with E-state index in [9.17, 15) is 0 Å². The van der Waals surface area contributed by atoms with Gasteiger partial charge in [0, 0.05) is 17.5 Å². The van der Waals surface area contributed by atoms with Crippen molar-refractivity contribution >= 4 is 11.8 Å². The quantitative estimate of drug-likeness (QED) is 0.688. The molecule has 78 valence electrons. The molecular weight excluding hydrogens is 178 g/mol. The molecule has 2 heteroatoms. The third-order valence-corrected chi connectivity index (χ3v) is 3.93. The molecule has 1 aliphatic rings. The normalized spacial score (nSPS) is 19.2. The molecule has 0 saturated carbocycles. The molecule has 0 aromatic rings. The van der Waals surface area contributed by atoms with Crippen LogP contribution >= 0.6 is 11.8 Å². The molecule has 0 unspecified atom stereocenters. The number of thioether (sulfide) groups is 1. The summed E-state index contributed by atoms with van der Waals surface area (Å²) in [6.45, 7) is 11.8. The van der Waals surface area contributed by atoms with Crippen molar-refractivity contribution in [1.29, 1.82) is 0 Å². The average molecular weight is 201 g/mol. The van der Waals surface area contributed by atoms with Crippen LogP contribution in [0.15, 0.2) is 0 Å². The third-order valence-electron chi connectivity index (χ3n) is 2.69. The Balaban J connectivity index is 2.23. The van der Waals surface area contributed by atoms with E-state index in [1.54, 1.807) is 0 Å². The van der Waals surface area contributed by atoms with Gasteiger partial charge in [0.1, 0.15) is 0 Å². The molecule has 0 spiro atoms. The summed E-state index contributed by atoms with van der Waals surface area (Å²) >= 11 is 2.08. The van der Waals surface area contributed by atoms with E-state index in [-0.39, 0.29) is 0 Å². The van der Waals surface area contributed by atoms with E-state index >= 15 is 0 Å². The van der Waals surface area contributed by atoms with E-state index in [4.69, 9.17) is 0 Å². The smallest absolute Gasteiger partial charge is 0.0276 e. The molecule has 0 N–H and O–H groups in total. The topological polar surface area (TPSA) is 3.24 Å². The van der Waals surface area contributed by atoms with Gasteiger partial charge in [-0.05, 0) is 24.9 Å². The Labute approximate surface area is 87.3 Å². The van der Waals surface area contributed by atoms with Crippen LogP contribution in [0.3, 0.4) is 0 Å². The lowest BCUT2D eigenvalue weighted by Crippen LogP contribution is -2.45. The first-order valence-corrected chi connectivity index (χ1v) is 6.50. The summed E-state index contributed by atoms with van der Waals surface area (Å²) < 4.78 is 0. The fourth-order valence-corrected chi connectivity index (χ4v) is 2.38. The van der Waals surface area contributed by atoms with Gasteiger partial charge in [-0.2, -0.15) is 11.8 Å². The van der Waals surface area contributed by atoms with Gasteiger partial charge in [0.15, 0.2) is 0 Å². The fourth-order valence-electron chi connectivity index (χ4n) is 1.51. The van der Waals surface area contributed by atoms with E-state index in [1.807, 2.05) is 0 Å². The molecule has 13 heavy (non-hydrogen) atoms. The van der Waals surface area contributed by atoms with Crippen molar-refractivity contribution < 1.29 is 0 Å². The largest absolute Gasteiger partial charge is 0.299 e. The average Bonchev–Trinajstić information content (AvgIpc) is 1.91. The van der Waals surface area contributed by atoms with Gasteiger partial charge in [0.2, 0.25) is 0 Å². The van der Waals surface area contributed by atoms with Gasteiger partial charge in [-0.3, -0.25) is 4.90 Å². The van der Waals surface area contributed by atoms with Gasteiger partial charge in [-0.25, -0.2) is 0 Å². The van der Waals surface area contributed by atoms with Gasteiger partial charge in [0.05, 0.1) is 0 Å². The molecule has 1 heterocycles. The Morgan fingerprint density at radius 1 is 1.31 bits per heavy atom. The summed E-state index contributed by atoms with van der Waals surface area (Å²) in [5.41, 5.74) is 0.490. The van der Waals surface area contributed by atoms with Crippen molar-refractivity contribution in [3.05, 3.63) is 0 Å². The van der Waals surface area contributed by atoms with Crippen molar-refractivity contribution in [3.63, 3.8) is 0 Å². The van der Waals surface area contributed by atoms with Crippen LogP contribution in [-0.2, 0) is 0 Å². The summed E-state index contributed by atoms with van der Waals surface area (Å²) in [5, 5.41) is 0. The lowest BCUT2D eigenvalue weighted by Gasteiger charge is -2.37. The molecule has 0 radical (unpaired) electrons. The Bertz CT molecular complexity index is 147. The van der Waals surface area contributed by atoms with E-state index in [2.05, 4.69) is 44.4 Å². The second-order valence-electron chi connectivity index (χ2n) is 5.13. The monoisotopic (exact) mass is 201 g/mol. The number of rotatable bonds is 4. The van der Waals surface area contributed by atoms with Gasteiger partial charge < -0.3 is 0 Å². The van der Waals surface area contributed by atoms with Gasteiger partial charge in [-0.15, -0.1) is 0 Å². The van der Waals surface area contributed by atoms with Crippen LogP contribution in [0.2, 0.25) is 0 Å². The zero-order chi connectivity index (χ0) is 9.90. The minimum absolute atomic E-state index is 0.490. The maximum absolute atomic E-state index is 2.64. The summed E-state index contributed by atoms with van der Waals surface area (Å²) in [6.07, 6.45) is 1.32. The Morgan fingerprint density at radius 3 is 2.23 bits per heavy atom. The summed E-state index contributed by atoms with van der Waals surface area (Å²) in [7, 11) is 0. The van der Waals surface area contributed by atoms with Crippen LogP contribution in [0, 0.1) is 5.41 Å². The minimum atomic E-state index is 0.490. The molecule has 0 aromatic heterocycles. The Morgan fingerprint density at radius 2 is 1.92 bits per heavy atom. The van der Waals surface area contributed by atoms with Crippen LogP contribution in [0.25, 0.3) is 0 Å². The maximum Gasteiger partial charge on any atom is 0.0276 e. The molecule has 1 rings (SSSR count). The predicted octanol–water partition coefficient (Wildman–Crippen LogP) is 2.86. The molecule has 1 saturated heterocycles. The summed E-state index contributed by atoms with van der Waals surface area (Å²) in [5.74, 6) is 2.72. The molecule has 0 aliphatic carbocycles. The molecule has 0 atom stereocenters. The van der Waals surface area contributed by atoms with Crippen LogP contribution in [0.4, 0.5) is 0 Å². The standard InChI is InChI=1S/C11H23NS/c1-5-12(10-8-13-9-10)7-6-11(2,3)4/h10H,5-9H2,1-4H3. The van der Waals surface area contributed by atoms with Crippen molar-refractivity contribution in [1.82, 2.24) is 4.90 Å². The molecular formula is C11H23NS. The minimum Gasteiger partial charge on any atom is -0.299 e. The molecule has 0 aromatic carbocycles. The van der Waals surface area contributed by atoms with Crippen LogP contribution in [-0.4, -0.2) is 35.5 Å². The molecule has 1 nitrogen and oxygen atoms in total. The highest BCUT2D eigenvalue weighted by atomic mass is 32.2. The first kappa shape index (κ1) is 11.4. The first-order valence-electron chi connectivity index (χ1n) is 5.35. The highest BCUT2D eigenvalue weighted by Crippen LogP contribution is 2.25. The second-order valence-corrected chi connectivity index (χ2v) is 6.21. The third kappa shape index (κ3) is 3.90. The fraction of sp³-hybridized carbons (Fsp3) is 1.00. The first-order chi connectivity index (χ1) is 6.03. The molecule has 1 fully saturated rings. The lowest BCUT2D eigenvalue weighted by atomic mass is 9.92. The SMILES string of the molecule is CCN(CCC(C)(C)C)C1CSC1. The van der Waals surface area contributed by atoms with Crippen molar-refractivity contribution in [3.8, 4) is 0 Å². The second kappa shape index (κ2) is 4.70. The van der Waals surface area contributed by atoms with Gasteiger partial charge in [0.25, 0.3) is 0 Å². The molecule has 1 aliphatic heterocycles. The Kier molecular flexibility index (Phi) is 4.11. The van der Waals surface area contributed by atoms with E-state index in [0.717, 1.165) is 6.04 Å². The van der Waals surface area contributed by atoms with E-state index in [1.165, 1.54) is 31.0 Å². The summed E-state index contributed by atoms with van der Waals surface area (Å²) in [4.78, 5) is 2.64. The lowest BCUT2D eigenvalue weighted by molar-refractivity contribution is 0.197. The van der Waals surface area contributed by atoms with Crippen molar-refractivity contribution in [2.45, 2.75) is 40.2 Å². The molecule has 0 amide bonds. The van der Waals surface area contributed by atoms with Gasteiger partial charge >= 0.3 is 0 Å². The van der Waals surface area contributed by atoms with Crippen LogP contribution < -0.4 is 0 Å². The maximum atomic E-state index is 2.64. The van der Waals surface area contributed by atoms with Crippen LogP contribution in [0.5, 0.6) is 0 Å². The van der Waals surface area contributed by atoms with Crippen molar-refractivity contribution in [2.75, 3.05) is 24.6 Å². The molecule has 0 bridgehead atoms. The Hall–Kier alpha value is 0.310. The highest BCUT2D eigenvalue weighted by Gasteiger charge is 2.25. The zero-order valence-electron chi connectivity index (χ0n) is 9.47. The van der Waals surface area contributed by atoms with E-state index < -0.39 is 0 Å². The van der Waals surface area contributed by atoms with Gasteiger partial charge in [-0.1, -0.05) is 27.7 Å².